The number of anilines is 1. The van der Waals surface area contributed by atoms with E-state index in [4.69, 9.17) is 16.3 Å². The molecule has 0 bridgehead atoms. The van der Waals surface area contributed by atoms with E-state index in [-0.39, 0.29) is 18.0 Å². The monoisotopic (exact) mass is 524 g/mol. The smallest absolute Gasteiger partial charge is 0.410 e. The number of ether oxygens (including phenoxy) is 1. The highest BCUT2D eigenvalue weighted by Gasteiger charge is 2.33. The first kappa shape index (κ1) is 25.3. The topological polar surface area (TPSA) is 83.8 Å². The Morgan fingerprint density at radius 1 is 1.05 bits per heavy atom. The largest absolute Gasteiger partial charge is 0.444 e. The number of rotatable bonds is 3. The minimum Gasteiger partial charge on any atom is -0.444 e. The minimum absolute atomic E-state index is 0.0145. The van der Waals surface area contributed by atoms with E-state index in [1.165, 1.54) is 6.33 Å². The molecule has 4 heterocycles. The summed E-state index contributed by atoms with van der Waals surface area (Å²) in [6.45, 7) is 10.7. The zero-order chi connectivity index (χ0) is 26.3. The molecular weight excluding hydrogens is 492 g/mol. The zero-order valence-corrected chi connectivity index (χ0v) is 22.5. The average Bonchev–Trinajstić information content (AvgIpc) is 3.51. The summed E-state index contributed by atoms with van der Waals surface area (Å²) in [6, 6.07) is 7.46. The van der Waals surface area contributed by atoms with Crippen molar-refractivity contribution in [2.24, 2.45) is 0 Å². The predicted molar refractivity (Wildman–Crippen MR) is 144 cm³/mol. The number of hydrogen-bond donors (Lipinski definition) is 0. The molecule has 3 aromatic rings. The van der Waals surface area contributed by atoms with Gasteiger partial charge in [0, 0.05) is 55.7 Å². The number of carbonyl (C=O) groups excluding carboxylic acids is 2. The molecule has 10 heteroatoms. The lowest BCUT2D eigenvalue weighted by Crippen LogP contribution is -2.55. The van der Waals surface area contributed by atoms with Gasteiger partial charge in [0.05, 0.1) is 10.9 Å². The van der Waals surface area contributed by atoms with E-state index in [1.54, 1.807) is 4.90 Å². The van der Waals surface area contributed by atoms with E-state index in [1.807, 2.05) is 60.7 Å². The van der Waals surface area contributed by atoms with Crippen molar-refractivity contribution >= 4 is 40.5 Å². The molecular formula is C27H33ClN6O3. The van der Waals surface area contributed by atoms with Crippen LogP contribution in [0.2, 0.25) is 5.02 Å². The van der Waals surface area contributed by atoms with Crippen molar-refractivity contribution < 1.29 is 14.3 Å². The van der Waals surface area contributed by atoms with E-state index >= 15 is 0 Å². The standard InChI is InChI=1S/C27H33ClN6O3/c1-18-15-32(26(36)37-27(2,3)4)12-13-33(18)23-22-21(25(35)31-10-5-6-11-31)16-34(24(22)30-17-29-23)20-9-7-8-19(28)14-20/h7-9,14,16-18H,5-6,10-13,15H2,1-4H3/t18-/m0/s1. The van der Waals surface area contributed by atoms with Crippen LogP contribution in [0.25, 0.3) is 16.7 Å². The number of likely N-dealkylation sites (tertiary alicyclic amines) is 1. The number of amides is 2. The van der Waals surface area contributed by atoms with Crippen LogP contribution >= 0.6 is 11.6 Å². The molecule has 1 atom stereocenters. The van der Waals surface area contributed by atoms with Crippen molar-refractivity contribution in [3.63, 3.8) is 0 Å². The number of carbonyl (C=O) groups is 2. The summed E-state index contributed by atoms with van der Waals surface area (Å²) in [7, 11) is 0. The number of piperazine rings is 1. The SMILES string of the molecule is C[C@H]1CN(C(=O)OC(C)(C)C)CCN1c1ncnc2c1c(C(=O)N1CCCC1)cn2-c1cccc(Cl)c1. The number of nitrogens with zero attached hydrogens (tertiary/aromatic N) is 6. The number of fused-ring (bicyclic) bond motifs is 1. The van der Waals surface area contributed by atoms with Gasteiger partial charge in [-0.3, -0.25) is 4.79 Å². The third-order valence-electron chi connectivity index (χ3n) is 6.82. The van der Waals surface area contributed by atoms with E-state index in [0.717, 1.165) is 37.0 Å². The Balaban J connectivity index is 1.55. The third kappa shape index (κ3) is 5.09. The first-order valence-corrected chi connectivity index (χ1v) is 13.2. The Kier molecular flexibility index (Phi) is 6.74. The maximum atomic E-state index is 13.7. The lowest BCUT2D eigenvalue weighted by atomic mass is 10.1. The average molecular weight is 525 g/mol. The molecule has 0 N–H and O–H groups in total. The van der Waals surface area contributed by atoms with E-state index < -0.39 is 5.60 Å². The summed E-state index contributed by atoms with van der Waals surface area (Å²) < 4.78 is 7.50. The second-order valence-electron chi connectivity index (χ2n) is 10.8. The fourth-order valence-corrected chi connectivity index (χ4v) is 5.29. The highest BCUT2D eigenvalue weighted by Crippen LogP contribution is 2.34. The maximum absolute atomic E-state index is 13.7. The van der Waals surface area contributed by atoms with Crippen LogP contribution in [0.1, 0.15) is 50.9 Å². The number of benzene rings is 1. The summed E-state index contributed by atoms with van der Waals surface area (Å²) in [6.07, 6.45) is 5.09. The van der Waals surface area contributed by atoms with Gasteiger partial charge in [0.15, 0.2) is 5.65 Å². The second-order valence-corrected chi connectivity index (χ2v) is 11.2. The van der Waals surface area contributed by atoms with Crippen molar-refractivity contribution in [1.29, 1.82) is 0 Å². The van der Waals surface area contributed by atoms with Crippen LogP contribution in [-0.4, -0.2) is 80.7 Å². The summed E-state index contributed by atoms with van der Waals surface area (Å²) in [5, 5.41) is 1.32. The highest BCUT2D eigenvalue weighted by atomic mass is 35.5. The fraction of sp³-hybridized carbons (Fsp3) is 0.481. The molecule has 0 unspecified atom stereocenters. The van der Waals surface area contributed by atoms with Gasteiger partial charge in [0.25, 0.3) is 5.91 Å². The van der Waals surface area contributed by atoms with Gasteiger partial charge in [-0.15, -0.1) is 0 Å². The lowest BCUT2D eigenvalue weighted by molar-refractivity contribution is 0.0218. The molecule has 0 spiro atoms. The molecule has 5 rings (SSSR count). The summed E-state index contributed by atoms with van der Waals surface area (Å²) >= 11 is 6.30. The number of hydrogen-bond acceptors (Lipinski definition) is 6. The van der Waals surface area contributed by atoms with Gasteiger partial charge >= 0.3 is 6.09 Å². The van der Waals surface area contributed by atoms with Crippen LogP contribution < -0.4 is 4.90 Å². The molecule has 196 valence electrons. The zero-order valence-electron chi connectivity index (χ0n) is 21.8. The summed E-state index contributed by atoms with van der Waals surface area (Å²) in [5.41, 5.74) is 1.50. The molecule has 2 aliphatic heterocycles. The van der Waals surface area contributed by atoms with Crippen LogP contribution in [0.3, 0.4) is 0 Å². The lowest BCUT2D eigenvalue weighted by Gasteiger charge is -2.41. The molecule has 2 amide bonds. The van der Waals surface area contributed by atoms with Crippen LogP contribution in [0.5, 0.6) is 0 Å². The fourth-order valence-electron chi connectivity index (χ4n) is 5.10. The van der Waals surface area contributed by atoms with Gasteiger partial charge in [0.1, 0.15) is 17.7 Å². The Morgan fingerprint density at radius 3 is 2.49 bits per heavy atom. The van der Waals surface area contributed by atoms with Crippen LogP contribution in [0, 0.1) is 0 Å². The van der Waals surface area contributed by atoms with Crippen LogP contribution in [-0.2, 0) is 4.74 Å². The van der Waals surface area contributed by atoms with Crippen LogP contribution in [0.4, 0.5) is 10.6 Å². The Labute approximate surface area is 222 Å². The molecule has 2 aliphatic rings. The first-order chi connectivity index (χ1) is 17.6. The van der Waals surface area contributed by atoms with Crippen LogP contribution in [0.15, 0.2) is 36.8 Å². The Morgan fingerprint density at radius 2 is 1.81 bits per heavy atom. The molecule has 9 nitrogen and oxygen atoms in total. The Hall–Kier alpha value is -3.33. The number of aromatic nitrogens is 3. The minimum atomic E-state index is -0.551. The Bertz CT molecular complexity index is 1330. The molecule has 2 fully saturated rings. The summed E-state index contributed by atoms with van der Waals surface area (Å²) in [5.74, 6) is 0.684. The van der Waals surface area contributed by atoms with E-state index in [9.17, 15) is 9.59 Å². The predicted octanol–water partition coefficient (Wildman–Crippen LogP) is 4.76. The second kappa shape index (κ2) is 9.85. The summed E-state index contributed by atoms with van der Waals surface area (Å²) in [4.78, 5) is 41.5. The highest BCUT2D eigenvalue weighted by molar-refractivity contribution is 6.30. The van der Waals surface area contributed by atoms with Gasteiger partial charge in [-0.1, -0.05) is 17.7 Å². The van der Waals surface area contributed by atoms with Gasteiger partial charge in [0.2, 0.25) is 0 Å². The van der Waals surface area contributed by atoms with Crippen molar-refractivity contribution in [1.82, 2.24) is 24.3 Å². The third-order valence-corrected chi connectivity index (χ3v) is 7.06. The van der Waals surface area contributed by atoms with Crippen molar-refractivity contribution in [3.8, 4) is 5.69 Å². The molecule has 0 radical (unpaired) electrons. The van der Waals surface area contributed by atoms with Gasteiger partial charge < -0.3 is 24.0 Å². The molecule has 2 saturated heterocycles. The van der Waals surface area contributed by atoms with E-state index in [2.05, 4.69) is 21.8 Å². The molecule has 37 heavy (non-hydrogen) atoms. The van der Waals surface area contributed by atoms with Gasteiger partial charge in [-0.2, -0.15) is 0 Å². The van der Waals surface area contributed by atoms with Crippen molar-refractivity contribution in [2.75, 3.05) is 37.6 Å². The van der Waals surface area contributed by atoms with E-state index in [0.29, 0.717) is 41.7 Å². The van der Waals surface area contributed by atoms with Crippen molar-refractivity contribution in [2.45, 2.75) is 52.2 Å². The quantitative estimate of drug-likeness (QED) is 0.491. The maximum Gasteiger partial charge on any atom is 0.410 e. The molecule has 0 saturated carbocycles. The first-order valence-electron chi connectivity index (χ1n) is 12.8. The van der Waals surface area contributed by atoms with Gasteiger partial charge in [-0.05, 0) is 58.7 Å². The van der Waals surface area contributed by atoms with Crippen molar-refractivity contribution in [3.05, 3.63) is 47.4 Å². The molecule has 2 aromatic heterocycles. The normalized spacial score (nSPS) is 18.5. The number of halogens is 1. The molecule has 1 aromatic carbocycles. The molecule has 0 aliphatic carbocycles. The van der Waals surface area contributed by atoms with Gasteiger partial charge in [-0.25, -0.2) is 14.8 Å².